The summed E-state index contributed by atoms with van der Waals surface area (Å²) in [5.41, 5.74) is 1.93. The number of nitrogens with zero attached hydrogens (tertiary/aromatic N) is 3. The Morgan fingerprint density at radius 3 is 2.57 bits per heavy atom. The molecule has 0 fully saturated rings. The van der Waals surface area contributed by atoms with Gasteiger partial charge in [0.05, 0.1) is 19.3 Å². The molecule has 1 aliphatic rings. The molecule has 0 saturated heterocycles. The van der Waals surface area contributed by atoms with E-state index in [1.54, 1.807) is 22.8 Å². The molecular formula is C27H32N4O4. The predicted octanol–water partition coefficient (Wildman–Crippen LogP) is 3.52. The van der Waals surface area contributed by atoms with E-state index >= 15 is 0 Å². The molecule has 8 heteroatoms. The number of fused-ring (bicyclic) bond motifs is 1. The fraction of sp³-hybridized carbons (Fsp3) is 0.370. The lowest BCUT2D eigenvalue weighted by Crippen LogP contribution is -2.64. The molecule has 0 radical (unpaired) electrons. The van der Waals surface area contributed by atoms with Gasteiger partial charge < -0.3 is 19.7 Å². The Morgan fingerprint density at radius 2 is 1.89 bits per heavy atom. The van der Waals surface area contributed by atoms with Gasteiger partial charge >= 0.3 is 0 Å². The smallest absolute Gasteiger partial charge is 0.273 e. The van der Waals surface area contributed by atoms with Crippen LogP contribution in [-0.4, -0.2) is 58.9 Å². The number of rotatable bonds is 10. The molecule has 3 aromatic rings. The molecule has 184 valence electrons. The average Bonchev–Trinajstić information content (AvgIpc) is 3.31. The molecule has 0 aliphatic carbocycles. The number of methoxy groups -OCH3 is 1. The topological polar surface area (TPSA) is 85.7 Å². The maximum atomic E-state index is 13.6. The van der Waals surface area contributed by atoms with E-state index in [4.69, 9.17) is 14.6 Å². The van der Waals surface area contributed by atoms with E-state index in [0.29, 0.717) is 44.1 Å². The summed E-state index contributed by atoms with van der Waals surface area (Å²) in [7, 11) is 1.62. The van der Waals surface area contributed by atoms with Crippen molar-refractivity contribution in [2.45, 2.75) is 38.9 Å². The summed E-state index contributed by atoms with van der Waals surface area (Å²) < 4.78 is 12.4. The summed E-state index contributed by atoms with van der Waals surface area (Å²) in [4.78, 5) is 28.8. The zero-order valence-corrected chi connectivity index (χ0v) is 20.5. The van der Waals surface area contributed by atoms with Crippen LogP contribution in [-0.2, 0) is 22.6 Å². The highest BCUT2D eigenvalue weighted by Crippen LogP contribution is 2.31. The van der Waals surface area contributed by atoms with E-state index in [-0.39, 0.29) is 18.4 Å². The molecule has 8 nitrogen and oxygen atoms in total. The van der Waals surface area contributed by atoms with E-state index in [9.17, 15) is 9.59 Å². The molecule has 0 bridgehead atoms. The van der Waals surface area contributed by atoms with Gasteiger partial charge in [-0.2, -0.15) is 5.10 Å². The Hall–Kier alpha value is -3.65. The zero-order valence-electron chi connectivity index (χ0n) is 20.5. The SMILES string of the molecule is CCOCCCN1C(=O)c2cc(-c3ccc(OC)cc3)nn2CC1(C)C(=O)NCc1ccccc1. The third kappa shape index (κ3) is 5.22. The lowest BCUT2D eigenvalue weighted by molar-refractivity contribution is -0.133. The number of nitrogens with one attached hydrogen (secondary N) is 1. The van der Waals surface area contributed by atoms with Gasteiger partial charge in [0.1, 0.15) is 17.0 Å². The first-order chi connectivity index (χ1) is 17.0. The highest BCUT2D eigenvalue weighted by molar-refractivity contribution is 6.00. The summed E-state index contributed by atoms with van der Waals surface area (Å²) in [5, 5.41) is 7.72. The predicted molar refractivity (Wildman–Crippen MR) is 133 cm³/mol. The van der Waals surface area contributed by atoms with Gasteiger partial charge in [-0.1, -0.05) is 30.3 Å². The van der Waals surface area contributed by atoms with Crippen molar-refractivity contribution in [1.29, 1.82) is 0 Å². The zero-order chi connectivity index (χ0) is 24.8. The van der Waals surface area contributed by atoms with E-state index in [0.717, 1.165) is 16.9 Å². The number of aromatic nitrogens is 2. The highest BCUT2D eigenvalue weighted by Gasteiger charge is 2.47. The summed E-state index contributed by atoms with van der Waals surface area (Å²) in [6.45, 7) is 5.95. The summed E-state index contributed by atoms with van der Waals surface area (Å²) in [5.74, 6) is 0.326. The third-order valence-corrected chi connectivity index (χ3v) is 6.34. The molecule has 4 rings (SSSR count). The monoisotopic (exact) mass is 476 g/mol. The molecule has 0 spiro atoms. The number of benzene rings is 2. The van der Waals surface area contributed by atoms with Gasteiger partial charge in [0, 0.05) is 31.9 Å². The van der Waals surface area contributed by atoms with Gasteiger partial charge in [-0.3, -0.25) is 14.3 Å². The second-order valence-corrected chi connectivity index (χ2v) is 8.75. The Morgan fingerprint density at radius 1 is 1.14 bits per heavy atom. The molecule has 35 heavy (non-hydrogen) atoms. The molecule has 1 aliphatic heterocycles. The fourth-order valence-electron chi connectivity index (χ4n) is 4.33. The first-order valence-electron chi connectivity index (χ1n) is 11.9. The first kappa shape index (κ1) is 24.5. The van der Waals surface area contributed by atoms with Gasteiger partial charge in [0.25, 0.3) is 5.91 Å². The van der Waals surface area contributed by atoms with E-state index < -0.39 is 5.54 Å². The molecule has 1 unspecified atom stereocenters. The largest absolute Gasteiger partial charge is 0.497 e. The van der Waals surface area contributed by atoms with Crippen molar-refractivity contribution in [3.8, 4) is 17.0 Å². The van der Waals surface area contributed by atoms with Crippen molar-refractivity contribution in [1.82, 2.24) is 20.0 Å². The van der Waals surface area contributed by atoms with Crippen molar-refractivity contribution in [2.75, 3.05) is 26.9 Å². The number of amides is 2. The van der Waals surface area contributed by atoms with Gasteiger partial charge in [-0.05, 0) is 56.2 Å². The van der Waals surface area contributed by atoms with Crippen LogP contribution in [0.15, 0.2) is 60.7 Å². The molecule has 2 heterocycles. The van der Waals surface area contributed by atoms with Crippen LogP contribution in [0.25, 0.3) is 11.3 Å². The quantitative estimate of drug-likeness (QED) is 0.453. The van der Waals surface area contributed by atoms with Gasteiger partial charge in [0.15, 0.2) is 0 Å². The Labute approximate surface area is 205 Å². The van der Waals surface area contributed by atoms with Gasteiger partial charge in [0.2, 0.25) is 5.91 Å². The molecule has 1 aromatic heterocycles. The van der Waals surface area contributed by atoms with E-state index in [2.05, 4.69) is 5.32 Å². The van der Waals surface area contributed by atoms with Crippen LogP contribution in [0.4, 0.5) is 0 Å². The van der Waals surface area contributed by atoms with Gasteiger partial charge in [-0.15, -0.1) is 0 Å². The Balaban J connectivity index is 1.61. The maximum absolute atomic E-state index is 13.6. The number of carbonyl (C=O) groups excluding carboxylic acids is 2. The fourth-order valence-corrected chi connectivity index (χ4v) is 4.33. The molecule has 0 saturated carbocycles. The second kappa shape index (κ2) is 10.7. The van der Waals surface area contributed by atoms with Crippen molar-refractivity contribution in [3.05, 3.63) is 71.9 Å². The Bertz CT molecular complexity index is 1160. The van der Waals surface area contributed by atoms with Crippen molar-refractivity contribution in [2.24, 2.45) is 0 Å². The van der Waals surface area contributed by atoms with Crippen LogP contribution in [0.5, 0.6) is 5.75 Å². The van der Waals surface area contributed by atoms with E-state index in [1.165, 1.54) is 0 Å². The molecule has 1 N–H and O–H groups in total. The minimum atomic E-state index is -1.09. The van der Waals surface area contributed by atoms with Crippen LogP contribution in [0.1, 0.15) is 36.3 Å². The number of ether oxygens (including phenoxy) is 2. The number of carbonyl (C=O) groups is 2. The lowest BCUT2D eigenvalue weighted by Gasteiger charge is -2.43. The van der Waals surface area contributed by atoms with E-state index in [1.807, 2.05) is 68.4 Å². The maximum Gasteiger partial charge on any atom is 0.273 e. The van der Waals surface area contributed by atoms with Crippen molar-refractivity contribution >= 4 is 11.8 Å². The summed E-state index contributed by atoms with van der Waals surface area (Å²) >= 11 is 0. The minimum absolute atomic E-state index is 0.210. The lowest BCUT2D eigenvalue weighted by atomic mass is 9.94. The molecule has 1 atom stereocenters. The summed E-state index contributed by atoms with van der Waals surface area (Å²) in [6, 6.07) is 19.0. The molecular weight excluding hydrogens is 444 g/mol. The first-order valence-corrected chi connectivity index (χ1v) is 11.9. The van der Waals surface area contributed by atoms with Crippen LogP contribution in [0, 0.1) is 0 Å². The van der Waals surface area contributed by atoms with Gasteiger partial charge in [-0.25, -0.2) is 0 Å². The van der Waals surface area contributed by atoms with Crippen LogP contribution >= 0.6 is 0 Å². The number of hydrogen-bond donors (Lipinski definition) is 1. The summed E-state index contributed by atoms with van der Waals surface area (Å²) in [6.07, 6.45) is 0.639. The van der Waals surface area contributed by atoms with Crippen molar-refractivity contribution < 1.29 is 19.1 Å². The molecule has 2 aromatic carbocycles. The molecule has 2 amide bonds. The van der Waals surface area contributed by atoms with Crippen LogP contribution < -0.4 is 10.1 Å². The van der Waals surface area contributed by atoms with Crippen molar-refractivity contribution in [3.63, 3.8) is 0 Å². The normalized spacial score (nSPS) is 17.2. The van der Waals surface area contributed by atoms with Crippen LogP contribution in [0.3, 0.4) is 0 Å². The highest BCUT2D eigenvalue weighted by atomic mass is 16.5. The number of hydrogen-bond acceptors (Lipinski definition) is 5. The third-order valence-electron chi connectivity index (χ3n) is 6.34. The van der Waals surface area contributed by atoms with Crippen LogP contribution in [0.2, 0.25) is 0 Å². The standard InChI is InChI=1S/C27H32N4O4/c1-4-35-16-8-15-30-25(32)24-17-23(21-11-13-22(34-3)14-12-21)29-31(24)19-27(30,2)26(33)28-18-20-9-6-5-7-10-20/h5-7,9-14,17H,4,8,15-16,18-19H2,1-3H3,(H,28,33). The second-order valence-electron chi connectivity index (χ2n) is 8.75. The minimum Gasteiger partial charge on any atom is -0.497 e. The average molecular weight is 477 g/mol. The Kier molecular flexibility index (Phi) is 7.51.